The smallest absolute Gasteiger partial charge is 0.225 e. The van der Waals surface area contributed by atoms with Gasteiger partial charge in [-0.2, -0.15) is 4.98 Å². The predicted octanol–water partition coefficient (Wildman–Crippen LogP) is 5.65. The molecule has 4 aromatic rings. The van der Waals surface area contributed by atoms with Gasteiger partial charge in [-0.25, -0.2) is 9.97 Å². The molecule has 0 spiro atoms. The number of nitrogens with one attached hydrogen (secondary N) is 1. The maximum Gasteiger partial charge on any atom is 0.225 e. The number of benzene rings is 1. The molecule has 0 aliphatic carbocycles. The Morgan fingerprint density at radius 1 is 1.03 bits per heavy atom. The van der Waals surface area contributed by atoms with Crippen LogP contribution >= 0.6 is 0 Å². The van der Waals surface area contributed by atoms with E-state index in [0.29, 0.717) is 5.95 Å². The lowest BCUT2D eigenvalue weighted by atomic mass is 9.84. The Bertz CT molecular complexity index is 1230. The minimum absolute atomic E-state index is 0.100. The number of pyridine rings is 1. The first-order valence-corrected chi connectivity index (χ1v) is 11.7. The van der Waals surface area contributed by atoms with Crippen molar-refractivity contribution in [2.75, 3.05) is 11.9 Å². The standard InChI is InChI=1S/C27H34N6/c1-18(2)33-17-30-25-24(33)23(16-21-15-22(27(4,5)6)8-7-19(21)3)31-26(32-25)29-14-11-20-9-12-28-13-10-20/h7-10,12-13,15,17-18H,11,14,16H2,1-6H3,(H,29,31,32). The van der Waals surface area contributed by atoms with E-state index in [-0.39, 0.29) is 11.5 Å². The summed E-state index contributed by atoms with van der Waals surface area (Å²) in [6.07, 6.45) is 7.15. The predicted molar refractivity (Wildman–Crippen MR) is 135 cm³/mol. The van der Waals surface area contributed by atoms with Crippen LogP contribution in [-0.4, -0.2) is 31.0 Å². The highest BCUT2D eigenvalue weighted by atomic mass is 15.2. The van der Waals surface area contributed by atoms with Crippen LogP contribution < -0.4 is 5.32 Å². The average molecular weight is 443 g/mol. The van der Waals surface area contributed by atoms with Gasteiger partial charge >= 0.3 is 0 Å². The summed E-state index contributed by atoms with van der Waals surface area (Å²) in [5, 5.41) is 3.41. The quantitative estimate of drug-likeness (QED) is 0.400. The van der Waals surface area contributed by atoms with Crippen molar-refractivity contribution in [2.24, 2.45) is 0 Å². The molecule has 3 aromatic heterocycles. The summed E-state index contributed by atoms with van der Waals surface area (Å²) in [7, 11) is 0. The normalized spacial score (nSPS) is 12.0. The molecule has 1 aromatic carbocycles. The van der Waals surface area contributed by atoms with Gasteiger partial charge in [0, 0.05) is 31.4 Å². The molecule has 6 heteroatoms. The van der Waals surface area contributed by atoms with Gasteiger partial charge < -0.3 is 9.88 Å². The van der Waals surface area contributed by atoms with E-state index in [2.05, 4.69) is 79.6 Å². The number of aryl methyl sites for hydroxylation is 1. The Balaban J connectivity index is 1.69. The molecule has 0 saturated heterocycles. The van der Waals surface area contributed by atoms with Crippen molar-refractivity contribution in [2.45, 2.75) is 65.8 Å². The monoisotopic (exact) mass is 442 g/mol. The van der Waals surface area contributed by atoms with Crippen LogP contribution in [0.3, 0.4) is 0 Å². The first-order chi connectivity index (χ1) is 15.7. The molecule has 0 aliphatic rings. The second kappa shape index (κ2) is 9.30. The van der Waals surface area contributed by atoms with Gasteiger partial charge in [0.25, 0.3) is 0 Å². The van der Waals surface area contributed by atoms with Gasteiger partial charge in [0.1, 0.15) is 5.52 Å². The summed E-state index contributed by atoms with van der Waals surface area (Å²) in [5.74, 6) is 0.630. The van der Waals surface area contributed by atoms with E-state index in [1.54, 1.807) is 0 Å². The van der Waals surface area contributed by atoms with E-state index in [9.17, 15) is 0 Å². The zero-order valence-electron chi connectivity index (χ0n) is 20.6. The Hall–Kier alpha value is -3.28. The van der Waals surface area contributed by atoms with Crippen LogP contribution in [0.25, 0.3) is 11.2 Å². The van der Waals surface area contributed by atoms with Crippen LogP contribution in [0.5, 0.6) is 0 Å². The third-order valence-electron chi connectivity index (χ3n) is 6.08. The fourth-order valence-electron chi connectivity index (χ4n) is 3.99. The lowest BCUT2D eigenvalue weighted by Gasteiger charge is -2.21. The van der Waals surface area contributed by atoms with Gasteiger partial charge in [-0.3, -0.25) is 4.98 Å². The van der Waals surface area contributed by atoms with Gasteiger partial charge in [0.2, 0.25) is 5.95 Å². The number of hydrogen-bond donors (Lipinski definition) is 1. The molecule has 1 N–H and O–H groups in total. The Morgan fingerprint density at radius 2 is 1.79 bits per heavy atom. The highest BCUT2D eigenvalue weighted by Crippen LogP contribution is 2.28. The molecule has 3 heterocycles. The number of nitrogens with zero attached hydrogens (tertiary/aromatic N) is 5. The average Bonchev–Trinajstić information content (AvgIpc) is 3.20. The summed E-state index contributed by atoms with van der Waals surface area (Å²) >= 11 is 0. The first kappa shape index (κ1) is 22.9. The third-order valence-corrected chi connectivity index (χ3v) is 6.08. The Kier molecular flexibility index (Phi) is 6.45. The van der Waals surface area contributed by atoms with Crippen molar-refractivity contribution in [3.8, 4) is 0 Å². The molecule has 33 heavy (non-hydrogen) atoms. The molecule has 0 bridgehead atoms. The number of aromatic nitrogens is 5. The van der Waals surface area contributed by atoms with E-state index in [4.69, 9.17) is 9.97 Å². The molecule has 0 atom stereocenters. The van der Waals surface area contributed by atoms with E-state index in [1.807, 2.05) is 30.9 Å². The van der Waals surface area contributed by atoms with Crippen LogP contribution in [0.2, 0.25) is 0 Å². The molecule has 0 unspecified atom stereocenters. The number of rotatable bonds is 7. The second-order valence-electron chi connectivity index (χ2n) is 10.0. The molecule has 4 rings (SSSR count). The molecule has 0 radical (unpaired) electrons. The van der Waals surface area contributed by atoms with Gasteiger partial charge in [-0.05, 0) is 67.0 Å². The van der Waals surface area contributed by atoms with Gasteiger partial charge in [0.05, 0.1) is 12.0 Å². The van der Waals surface area contributed by atoms with E-state index >= 15 is 0 Å². The number of imidazole rings is 1. The van der Waals surface area contributed by atoms with Crippen molar-refractivity contribution in [3.05, 3.63) is 77.0 Å². The van der Waals surface area contributed by atoms with E-state index < -0.39 is 0 Å². The first-order valence-electron chi connectivity index (χ1n) is 11.7. The minimum atomic E-state index is 0.100. The van der Waals surface area contributed by atoms with Gasteiger partial charge in [0.15, 0.2) is 5.65 Å². The van der Waals surface area contributed by atoms with Crippen molar-refractivity contribution in [1.29, 1.82) is 0 Å². The molecule has 0 amide bonds. The second-order valence-corrected chi connectivity index (χ2v) is 10.0. The molecule has 0 aliphatic heterocycles. The largest absolute Gasteiger partial charge is 0.354 e. The van der Waals surface area contributed by atoms with Crippen LogP contribution in [-0.2, 0) is 18.3 Å². The zero-order chi connectivity index (χ0) is 23.6. The van der Waals surface area contributed by atoms with Gasteiger partial charge in [-0.15, -0.1) is 0 Å². The van der Waals surface area contributed by atoms with Crippen molar-refractivity contribution < 1.29 is 0 Å². The number of hydrogen-bond acceptors (Lipinski definition) is 5. The SMILES string of the molecule is Cc1ccc(C(C)(C)C)cc1Cc1nc(NCCc2ccncc2)nc2ncn(C(C)C)c12. The van der Waals surface area contributed by atoms with Crippen LogP contribution in [0.15, 0.2) is 49.1 Å². The highest BCUT2D eigenvalue weighted by Gasteiger charge is 2.19. The van der Waals surface area contributed by atoms with Crippen molar-refractivity contribution in [3.63, 3.8) is 0 Å². The topological polar surface area (TPSA) is 68.5 Å². The molecule has 0 fully saturated rings. The van der Waals surface area contributed by atoms with Crippen LogP contribution in [0.4, 0.5) is 5.95 Å². The van der Waals surface area contributed by atoms with Gasteiger partial charge in [-0.1, -0.05) is 39.0 Å². The number of anilines is 1. The fourth-order valence-corrected chi connectivity index (χ4v) is 3.99. The number of fused-ring (bicyclic) bond motifs is 1. The fraction of sp³-hybridized carbons (Fsp3) is 0.407. The van der Waals surface area contributed by atoms with Crippen molar-refractivity contribution >= 4 is 17.1 Å². The molecule has 6 nitrogen and oxygen atoms in total. The lowest BCUT2D eigenvalue weighted by molar-refractivity contribution is 0.589. The Labute approximate surface area is 196 Å². The lowest BCUT2D eigenvalue weighted by Crippen LogP contribution is -2.13. The summed E-state index contributed by atoms with van der Waals surface area (Å²) < 4.78 is 2.17. The van der Waals surface area contributed by atoms with Crippen molar-refractivity contribution in [1.82, 2.24) is 24.5 Å². The summed E-state index contributed by atoms with van der Waals surface area (Å²) in [5.41, 5.74) is 8.00. The zero-order valence-corrected chi connectivity index (χ0v) is 20.6. The minimum Gasteiger partial charge on any atom is -0.354 e. The van der Waals surface area contributed by atoms with E-state index in [1.165, 1.54) is 22.3 Å². The summed E-state index contributed by atoms with van der Waals surface area (Å²) in [4.78, 5) is 18.4. The molecule has 0 saturated carbocycles. The highest BCUT2D eigenvalue weighted by molar-refractivity contribution is 5.76. The van der Waals surface area contributed by atoms with Crippen LogP contribution in [0, 0.1) is 6.92 Å². The summed E-state index contributed by atoms with van der Waals surface area (Å²) in [6.45, 7) is 14.0. The van der Waals surface area contributed by atoms with E-state index in [0.717, 1.165) is 36.2 Å². The maximum absolute atomic E-state index is 4.98. The molecular weight excluding hydrogens is 408 g/mol. The third kappa shape index (κ3) is 5.21. The molecule has 172 valence electrons. The van der Waals surface area contributed by atoms with Crippen LogP contribution in [0.1, 0.15) is 68.6 Å². The maximum atomic E-state index is 4.98. The molecular formula is C27H34N6. The summed E-state index contributed by atoms with van der Waals surface area (Å²) in [6, 6.07) is 11.1. The Morgan fingerprint density at radius 3 is 2.48 bits per heavy atom.